The van der Waals surface area contributed by atoms with Crippen LogP contribution in [0, 0.1) is 0 Å². The lowest BCUT2D eigenvalue weighted by Gasteiger charge is -2.22. The third kappa shape index (κ3) is 1.54. The average molecular weight is 196 g/mol. The van der Waals surface area contributed by atoms with E-state index in [0.29, 0.717) is 5.02 Å². The summed E-state index contributed by atoms with van der Waals surface area (Å²) in [5, 5.41) is 3.57. The number of hydrogen-bond donors (Lipinski definition) is 1. The summed E-state index contributed by atoms with van der Waals surface area (Å²) in [6.45, 7) is 1.99. The molecule has 0 spiro atoms. The molecule has 0 aliphatic carbocycles. The fourth-order valence-electron chi connectivity index (χ4n) is 1.64. The van der Waals surface area contributed by atoms with Gasteiger partial charge in [0.2, 0.25) is 0 Å². The van der Waals surface area contributed by atoms with Gasteiger partial charge in [0, 0.05) is 16.6 Å². The molecule has 1 heterocycles. The summed E-state index contributed by atoms with van der Waals surface area (Å²) < 4.78 is 0. The molecule has 1 aromatic rings. The molecule has 1 aliphatic rings. The van der Waals surface area contributed by atoms with Crippen molar-refractivity contribution in [3.8, 4) is 0 Å². The van der Waals surface area contributed by atoms with E-state index in [0.717, 1.165) is 17.5 Å². The third-order valence-electron chi connectivity index (χ3n) is 2.22. The molecule has 1 aromatic carbocycles. The molecule has 3 heteroatoms. The van der Waals surface area contributed by atoms with Crippen molar-refractivity contribution in [3.63, 3.8) is 0 Å². The van der Waals surface area contributed by atoms with E-state index in [-0.39, 0.29) is 11.9 Å². The van der Waals surface area contributed by atoms with Gasteiger partial charge in [-0.3, -0.25) is 4.79 Å². The van der Waals surface area contributed by atoms with Gasteiger partial charge in [0.25, 0.3) is 5.91 Å². The molecule has 0 unspecified atom stereocenters. The van der Waals surface area contributed by atoms with Crippen LogP contribution in [0.3, 0.4) is 0 Å². The van der Waals surface area contributed by atoms with Crippen LogP contribution in [0.4, 0.5) is 0 Å². The molecule has 0 saturated heterocycles. The van der Waals surface area contributed by atoms with E-state index < -0.39 is 0 Å². The zero-order valence-corrected chi connectivity index (χ0v) is 8.06. The Kier molecular flexibility index (Phi) is 2.00. The summed E-state index contributed by atoms with van der Waals surface area (Å²) in [7, 11) is 0. The van der Waals surface area contributed by atoms with Crippen molar-refractivity contribution in [3.05, 3.63) is 34.3 Å². The summed E-state index contributed by atoms with van der Waals surface area (Å²) in [5.74, 6) is 0.00502. The van der Waals surface area contributed by atoms with Gasteiger partial charge in [-0.25, -0.2) is 0 Å². The standard InChI is InChI=1S/C10H10ClNO/c1-6-4-7-5-8(11)2-3-9(7)10(13)12-6/h2-3,5-6H,4H2,1H3,(H,12,13)/t6-/m0/s1. The van der Waals surface area contributed by atoms with Crippen LogP contribution in [0.5, 0.6) is 0 Å². The Morgan fingerprint density at radius 1 is 1.54 bits per heavy atom. The van der Waals surface area contributed by atoms with Crippen LogP contribution in [-0.4, -0.2) is 11.9 Å². The first-order valence-electron chi connectivity index (χ1n) is 4.26. The quantitative estimate of drug-likeness (QED) is 0.674. The van der Waals surface area contributed by atoms with E-state index >= 15 is 0 Å². The molecule has 0 fully saturated rings. The summed E-state index contributed by atoms with van der Waals surface area (Å²) in [4.78, 5) is 11.5. The van der Waals surface area contributed by atoms with Crippen LogP contribution < -0.4 is 5.32 Å². The van der Waals surface area contributed by atoms with E-state index in [1.54, 1.807) is 12.1 Å². The van der Waals surface area contributed by atoms with E-state index in [9.17, 15) is 4.79 Å². The second-order valence-corrected chi connectivity index (χ2v) is 3.82. The van der Waals surface area contributed by atoms with Crippen molar-refractivity contribution in [2.24, 2.45) is 0 Å². The number of rotatable bonds is 0. The fraction of sp³-hybridized carbons (Fsp3) is 0.300. The highest BCUT2D eigenvalue weighted by molar-refractivity contribution is 6.30. The number of nitrogens with one attached hydrogen (secondary N) is 1. The van der Waals surface area contributed by atoms with Gasteiger partial charge in [0.05, 0.1) is 0 Å². The highest BCUT2D eigenvalue weighted by Crippen LogP contribution is 2.20. The van der Waals surface area contributed by atoms with Gasteiger partial charge in [-0.1, -0.05) is 11.6 Å². The molecule has 2 nitrogen and oxygen atoms in total. The van der Waals surface area contributed by atoms with Crippen molar-refractivity contribution in [2.75, 3.05) is 0 Å². The first kappa shape index (κ1) is 8.57. The highest BCUT2D eigenvalue weighted by Gasteiger charge is 2.20. The van der Waals surface area contributed by atoms with Crippen molar-refractivity contribution < 1.29 is 4.79 Å². The molecule has 1 amide bonds. The first-order chi connectivity index (χ1) is 6.16. The average Bonchev–Trinajstić information content (AvgIpc) is 2.02. The van der Waals surface area contributed by atoms with Gasteiger partial charge in [-0.05, 0) is 37.1 Å². The number of benzene rings is 1. The second-order valence-electron chi connectivity index (χ2n) is 3.38. The third-order valence-corrected chi connectivity index (χ3v) is 2.45. The minimum atomic E-state index is 0.00502. The fourth-order valence-corrected chi connectivity index (χ4v) is 1.83. The van der Waals surface area contributed by atoms with Crippen LogP contribution in [0.15, 0.2) is 18.2 Å². The van der Waals surface area contributed by atoms with Crippen LogP contribution in [-0.2, 0) is 6.42 Å². The molecular formula is C10H10ClNO. The number of hydrogen-bond acceptors (Lipinski definition) is 1. The number of carbonyl (C=O) groups is 1. The molecular weight excluding hydrogens is 186 g/mol. The highest BCUT2D eigenvalue weighted by atomic mass is 35.5. The van der Waals surface area contributed by atoms with E-state index in [2.05, 4.69) is 5.32 Å². The predicted molar refractivity (Wildman–Crippen MR) is 52.1 cm³/mol. The topological polar surface area (TPSA) is 29.1 Å². The monoisotopic (exact) mass is 195 g/mol. The van der Waals surface area contributed by atoms with Crippen molar-refractivity contribution in [2.45, 2.75) is 19.4 Å². The van der Waals surface area contributed by atoms with Gasteiger partial charge in [0.15, 0.2) is 0 Å². The molecule has 1 atom stereocenters. The zero-order chi connectivity index (χ0) is 9.42. The molecule has 0 bridgehead atoms. The lowest BCUT2D eigenvalue weighted by Crippen LogP contribution is -2.39. The largest absolute Gasteiger partial charge is 0.349 e. The van der Waals surface area contributed by atoms with Gasteiger partial charge in [-0.15, -0.1) is 0 Å². The maximum atomic E-state index is 11.5. The van der Waals surface area contributed by atoms with Gasteiger partial charge >= 0.3 is 0 Å². The molecule has 1 N–H and O–H groups in total. The SMILES string of the molecule is C[C@H]1Cc2cc(Cl)ccc2C(=O)N1. The van der Waals surface area contributed by atoms with Gasteiger partial charge in [0.1, 0.15) is 0 Å². The maximum Gasteiger partial charge on any atom is 0.251 e. The van der Waals surface area contributed by atoms with Crippen LogP contribution in [0.2, 0.25) is 5.02 Å². The van der Waals surface area contributed by atoms with Gasteiger partial charge < -0.3 is 5.32 Å². The Morgan fingerprint density at radius 3 is 3.08 bits per heavy atom. The normalized spacial score (nSPS) is 20.8. The van der Waals surface area contributed by atoms with Crippen molar-refractivity contribution >= 4 is 17.5 Å². The summed E-state index contributed by atoms with van der Waals surface area (Å²) in [5.41, 5.74) is 1.80. The minimum absolute atomic E-state index is 0.00502. The first-order valence-corrected chi connectivity index (χ1v) is 4.64. The lowest BCUT2D eigenvalue weighted by atomic mass is 9.96. The second kappa shape index (κ2) is 3.04. The van der Waals surface area contributed by atoms with Crippen LogP contribution >= 0.6 is 11.6 Å². The van der Waals surface area contributed by atoms with Crippen LogP contribution in [0.25, 0.3) is 0 Å². The Labute approximate surface area is 81.9 Å². The number of carbonyl (C=O) groups excluding carboxylic acids is 1. The molecule has 68 valence electrons. The Morgan fingerprint density at radius 2 is 2.31 bits per heavy atom. The molecule has 13 heavy (non-hydrogen) atoms. The maximum absolute atomic E-state index is 11.5. The predicted octanol–water partition coefficient (Wildman–Crippen LogP) is 2.01. The van der Waals surface area contributed by atoms with Gasteiger partial charge in [-0.2, -0.15) is 0 Å². The van der Waals surface area contributed by atoms with Crippen molar-refractivity contribution in [1.82, 2.24) is 5.32 Å². The summed E-state index contributed by atoms with van der Waals surface area (Å²) in [6, 6.07) is 5.60. The summed E-state index contributed by atoms with van der Waals surface area (Å²) in [6.07, 6.45) is 0.863. The van der Waals surface area contributed by atoms with E-state index in [1.165, 1.54) is 0 Å². The molecule has 0 saturated carbocycles. The minimum Gasteiger partial charge on any atom is -0.349 e. The number of fused-ring (bicyclic) bond motifs is 1. The molecule has 2 rings (SSSR count). The molecule has 0 radical (unpaired) electrons. The number of amides is 1. The number of halogens is 1. The molecule has 1 aliphatic heterocycles. The van der Waals surface area contributed by atoms with E-state index in [4.69, 9.17) is 11.6 Å². The Bertz CT molecular complexity index is 362. The van der Waals surface area contributed by atoms with E-state index in [1.807, 2.05) is 13.0 Å². The summed E-state index contributed by atoms with van der Waals surface area (Å²) >= 11 is 5.84. The van der Waals surface area contributed by atoms with Crippen molar-refractivity contribution in [1.29, 1.82) is 0 Å². The Hall–Kier alpha value is -1.02. The Balaban J connectivity index is 2.49. The van der Waals surface area contributed by atoms with Crippen LogP contribution in [0.1, 0.15) is 22.8 Å². The smallest absolute Gasteiger partial charge is 0.251 e. The lowest BCUT2D eigenvalue weighted by molar-refractivity contribution is 0.0929. The zero-order valence-electron chi connectivity index (χ0n) is 7.30. The molecule has 0 aromatic heterocycles.